The van der Waals surface area contributed by atoms with Crippen molar-refractivity contribution >= 4 is 69.7 Å². The Balaban J connectivity index is 0.00000246. The fourth-order valence-corrected chi connectivity index (χ4v) is 12.4. The van der Waals surface area contributed by atoms with Crippen molar-refractivity contribution in [1.82, 2.24) is 19.6 Å². The molecule has 8 aromatic carbocycles. The van der Waals surface area contributed by atoms with Gasteiger partial charge in [0.25, 0.3) is 0 Å². The number of aromatic nitrogens is 4. The van der Waals surface area contributed by atoms with Crippen LogP contribution in [0, 0.1) is 36.6 Å². The van der Waals surface area contributed by atoms with Crippen molar-refractivity contribution in [1.29, 1.82) is 0 Å². The molecule has 71 heavy (non-hydrogen) atoms. The fourth-order valence-electron chi connectivity index (χ4n) is 10.0. The third kappa shape index (κ3) is 7.31. The fraction of sp³-hybridized carbons (Fsp3) is 0. The standard InChI is InChI=1S/C58H28B2N4O3S2.2Pt/c1-3-9-35(10-4-1)40-30-61-63(32-40)42-19-22-49-45(28-42)59-44-25-37(17-21-48(44)66-50-13-7-14-51(67-49)57(50)59)39-27-52(65-34-39)38-18-23-53-46(26-38)60-47-29-43(64-33-41(31-62-64)36-11-5-2-6-12-36)20-24-54(47)69-56-16-8-15-55(68-53)58(56)60;;/h1-24,30-33H;;/q-6;;. The maximum Gasteiger partial charge on any atom is 0.212 e. The van der Waals surface area contributed by atoms with Crippen LogP contribution in [0.1, 0.15) is 0 Å². The molecule has 0 amide bonds. The average Bonchev–Trinajstić information content (AvgIpc) is 4.22. The van der Waals surface area contributed by atoms with Crippen molar-refractivity contribution in [2.24, 2.45) is 0 Å². The van der Waals surface area contributed by atoms with E-state index in [0.717, 1.165) is 94.2 Å². The zero-order chi connectivity index (χ0) is 45.2. The molecule has 0 bridgehead atoms. The van der Waals surface area contributed by atoms with Crippen LogP contribution in [-0.4, -0.2) is 33.0 Å². The molecule has 0 N–H and O–H groups in total. The van der Waals surface area contributed by atoms with Crippen LogP contribution in [0.25, 0.3) is 56.1 Å². The molecular formula is C58H28B2N4O3Pt2S2-6. The van der Waals surface area contributed by atoms with Gasteiger partial charge in [-0.05, 0) is 62.0 Å². The minimum atomic E-state index is -0.272. The van der Waals surface area contributed by atoms with Crippen LogP contribution in [0.2, 0.25) is 0 Å². The summed E-state index contributed by atoms with van der Waals surface area (Å²) in [5.74, 6) is 3.47. The van der Waals surface area contributed by atoms with E-state index < -0.39 is 0 Å². The maximum atomic E-state index is 6.56. The second-order valence-electron chi connectivity index (χ2n) is 17.3. The van der Waals surface area contributed by atoms with Crippen molar-refractivity contribution in [3.63, 3.8) is 0 Å². The summed E-state index contributed by atoms with van der Waals surface area (Å²) in [6, 6.07) is 68.3. The van der Waals surface area contributed by atoms with Crippen LogP contribution < -0.4 is 42.3 Å². The van der Waals surface area contributed by atoms with Gasteiger partial charge in [-0.3, -0.25) is 9.36 Å². The van der Waals surface area contributed by atoms with E-state index in [0.29, 0.717) is 17.1 Å². The summed E-state index contributed by atoms with van der Waals surface area (Å²) in [4.78, 5) is 4.81. The molecule has 0 aliphatic carbocycles. The van der Waals surface area contributed by atoms with Crippen LogP contribution in [0.5, 0.6) is 23.0 Å². The van der Waals surface area contributed by atoms with Gasteiger partial charge in [0, 0.05) is 82.6 Å². The van der Waals surface area contributed by atoms with Gasteiger partial charge in [-0.15, -0.1) is 87.3 Å². The SMILES string of the molecule is [Pt].[Pt].[c-]1oc(-c2[c-]c3c(cc2)Sc2cccc4c2B3c2[c-]c(-n3cc(-c5ccccc5)cn3)ccc2S4)[c-]c1-c1[c-]c2c(cc1)Oc1cccc3c1B2c1[c-]c(-n2cc(-c4ccccc4)cn2)ccc1O3. The van der Waals surface area contributed by atoms with Crippen LogP contribution in [0.15, 0.2) is 194 Å². The molecule has 11 aromatic rings. The quantitative estimate of drug-likeness (QED) is 0.122. The maximum absolute atomic E-state index is 6.56. The molecule has 0 spiro atoms. The molecule has 0 saturated heterocycles. The number of furan rings is 1. The number of fused-ring (bicyclic) bond motifs is 8. The van der Waals surface area contributed by atoms with Crippen molar-refractivity contribution in [2.45, 2.75) is 19.6 Å². The Bertz CT molecular complexity index is 3640. The zero-order valence-corrected chi connectivity index (χ0v) is 43.0. The number of rotatable bonds is 6. The van der Waals surface area contributed by atoms with Gasteiger partial charge in [0.15, 0.2) is 0 Å². The summed E-state index contributed by atoms with van der Waals surface area (Å²) in [6.45, 7) is -0.363. The molecule has 3 aromatic heterocycles. The molecule has 15 rings (SSSR count). The van der Waals surface area contributed by atoms with Gasteiger partial charge in [0.1, 0.15) is 11.5 Å². The Morgan fingerprint density at radius 3 is 1.61 bits per heavy atom. The van der Waals surface area contributed by atoms with Crippen LogP contribution in [0.4, 0.5) is 0 Å². The van der Waals surface area contributed by atoms with Crippen LogP contribution in [0.3, 0.4) is 0 Å². The van der Waals surface area contributed by atoms with Gasteiger partial charge >= 0.3 is 0 Å². The molecule has 0 unspecified atom stereocenters. The molecule has 13 heteroatoms. The Labute approximate surface area is 447 Å². The summed E-state index contributed by atoms with van der Waals surface area (Å²) in [7, 11) is 0. The molecular weight excluding hydrogens is 1280 g/mol. The Hall–Kier alpha value is -6.73. The van der Waals surface area contributed by atoms with Crippen LogP contribution >= 0.6 is 23.5 Å². The van der Waals surface area contributed by atoms with E-state index in [4.69, 9.17) is 24.1 Å². The minimum absolute atomic E-state index is 0. The molecule has 7 nitrogen and oxygen atoms in total. The molecule has 0 fully saturated rings. The third-order valence-electron chi connectivity index (χ3n) is 13.3. The number of hydrogen-bond donors (Lipinski definition) is 0. The van der Waals surface area contributed by atoms with E-state index >= 15 is 0 Å². The van der Waals surface area contributed by atoms with Gasteiger partial charge in [0.2, 0.25) is 13.4 Å². The van der Waals surface area contributed by atoms with E-state index in [-0.39, 0.29) is 55.6 Å². The second-order valence-corrected chi connectivity index (χ2v) is 19.4. The van der Waals surface area contributed by atoms with Gasteiger partial charge < -0.3 is 31.1 Å². The average molecular weight is 1300 g/mol. The second kappa shape index (κ2) is 17.5. The molecule has 4 aliphatic rings. The predicted octanol–water partition coefficient (Wildman–Crippen LogP) is 9.29. The van der Waals surface area contributed by atoms with E-state index in [9.17, 15) is 0 Å². The largest absolute Gasteiger partial charge is 0.631 e. The first-order chi connectivity index (χ1) is 34.1. The smallest absolute Gasteiger partial charge is 0.212 e. The Kier molecular flexibility index (Phi) is 10.9. The number of ether oxygens (including phenoxy) is 2. The summed E-state index contributed by atoms with van der Waals surface area (Å²) >= 11 is 3.58. The monoisotopic (exact) mass is 1300 g/mol. The van der Waals surface area contributed by atoms with Gasteiger partial charge in [-0.1, -0.05) is 83.5 Å². The normalized spacial score (nSPS) is 12.9. The van der Waals surface area contributed by atoms with Crippen molar-refractivity contribution < 1.29 is 56.0 Å². The first-order valence-corrected chi connectivity index (χ1v) is 24.1. The topological polar surface area (TPSA) is 67.2 Å². The minimum Gasteiger partial charge on any atom is -0.631 e. The molecule has 4 aliphatic heterocycles. The van der Waals surface area contributed by atoms with Crippen molar-refractivity contribution in [2.75, 3.05) is 0 Å². The molecule has 7 heterocycles. The van der Waals surface area contributed by atoms with E-state index in [1.54, 1.807) is 23.5 Å². The van der Waals surface area contributed by atoms with Gasteiger partial charge in [0.05, 0.1) is 12.4 Å². The Morgan fingerprint density at radius 1 is 0.423 bits per heavy atom. The molecule has 0 radical (unpaired) electrons. The van der Waals surface area contributed by atoms with Gasteiger partial charge in [-0.25, -0.2) is 12.1 Å². The van der Waals surface area contributed by atoms with Gasteiger partial charge in [-0.2, -0.15) is 45.6 Å². The summed E-state index contributed by atoms with van der Waals surface area (Å²) < 4.78 is 23.1. The molecule has 342 valence electrons. The molecule has 0 atom stereocenters. The van der Waals surface area contributed by atoms with E-state index in [1.807, 2.05) is 107 Å². The van der Waals surface area contributed by atoms with Crippen molar-refractivity contribution in [3.8, 4) is 79.1 Å². The summed E-state index contributed by atoms with van der Waals surface area (Å²) in [5.41, 5.74) is 14.4. The van der Waals surface area contributed by atoms with Crippen molar-refractivity contribution in [3.05, 3.63) is 207 Å². The summed E-state index contributed by atoms with van der Waals surface area (Å²) in [6.07, 6.45) is 11.1. The predicted molar refractivity (Wildman–Crippen MR) is 271 cm³/mol. The Morgan fingerprint density at radius 2 is 0.944 bits per heavy atom. The first-order valence-electron chi connectivity index (χ1n) is 22.5. The van der Waals surface area contributed by atoms with Crippen LogP contribution in [-0.2, 0) is 42.1 Å². The molecule has 0 saturated carbocycles. The van der Waals surface area contributed by atoms with E-state index in [1.165, 1.54) is 20.1 Å². The number of hydrogen-bond acceptors (Lipinski definition) is 7. The zero-order valence-electron chi connectivity index (χ0n) is 36.8. The number of nitrogens with zero attached hydrogens (tertiary/aromatic N) is 4. The number of benzene rings is 8. The summed E-state index contributed by atoms with van der Waals surface area (Å²) in [5, 5.41) is 9.51. The van der Waals surface area contributed by atoms with E-state index in [2.05, 4.69) is 110 Å². The third-order valence-corrected chi connectivity index (χ3v) is 15.6. The first kappa shape index (κ1) is 44.2.